The molecule has 0 aliphatic carbocycles. The van der Waals surface area contributed by atoms with Crippen molar-refractivity contribution in [3.8, 4) is 0 Å². The van der Waals surface area contributed by atoms with Crippen LogP contribution >= 0.6 is 0 Å². The van der Waals surface area contributed by atoms with Gasteiger partial charge in [0.2, 0.25) is 11.8 Å². The maximum absolute atomic E-state index is 12.0. The molecular formula is C15H24N2O2. The third-order valence-electron chi connectivity index (χ3n) is 3.54. The van der Waals surface area contributed by atoms with Gasteiger partial charge in [0, 0.05) is 13.0 Å². The van der Waals surface area contributed by atoms with Gasteiger partial charge in [-0.2, -0.15) is 0 Å². The number of carbonyl (C=O) groups excluding carboxylic acids is 2. The van der Waals surface area contributed by atoms with Crippen molar-refractivity contribution in [2.24, 2.45) is 5.73 Å². The lowest BCUT2D eigenvalue weighted by molar-refractivity contribution is -0.137. The molecule has 0 spiro atoms. The molecular weight excluding hydrogens is 240 g/mol. The third-order valence-corrected chi connectivity index (χ3v) is 3.54. The summed E-state index contributed by atoms with van der Waals surface area (Å²) in [6.45, 7) is 4.19. The van der Waals surface area contributed by atoms with Crippen LogP contribution in [0.1, 0.15) is 51.4 Å². The lowest BCUT2D eigenvalue weighted by Gasteiger charge is -2.22. The van der Waals surface area contributed by atoms with Crippen molar-refractivity contribution in [3.05, 3.63) is 18.4 Å². The van der Waals surface area contributed by atoms with Crippen molar-refractivity contribution in [1.29, 1.82) is 0 Å². The van der Waals surface area contributed by atoms with Crippen LogP contribution in [0, 0.1) is 0 Å². The highest BCUT2D eigenvalue weighted by atomic mass is 16.2. The Morgan fingerprint density at radius 3 is 2.74 bits per heavy atom. The number of rotatable bonds is 8. The van der Waals surface area contributed by atoms with Crippen LogP contribution < -0.4 is 5.73 Å². The summed E-state index contributed by atoms with van der Waals surface area (Å²) in [6, 6.07) is -0.370. The van der Waals surface area contributed by atoms with E-state index in [0.29, 0.717) is 13.0 Å². The van der Waals surface area contributed by atoms with Crippen molar-refractivity contribution >= 4 is 11.8 Å². The van der Waals surface area contributed by atoms with Gasteiger partial charge in [-0.15, -0.1) is 5.73 Å². The molecule has 1 fully saturated rings. The average molecular weight is 264 g/mol. The lowest BCUT2D eigenvalue weighted by atomic mass is 10.1. The second kappa shape index (κ2) is 8.54. The van der Waals surface area contributed by atoms with Crippen molar-refractivity contribution in [2.45, 2.75) is 57.4 Å². The predicted octanol–water partition coefficient (Wildman–Crippen LogP) is 2.14. The van der Waals surface area contributed by atoms with Crippen molar-refractivity contribution < 1.29 is 9.59 Å². The van der Waals surface area contributed by atoms with Crippen LogP contribution in [0.3, 0.4) is 0 Å². The molecule has 1 aliphatic rings. The fraction of sp³-hybridized carbons (Fsp3) is 0.667. The number of amides is 2. The van der Waals surface area contributed by atoms with E-state index in [-0.39, 0.29) is 17.9 Å². The highest BCUT2D eigenvalue weighted by Crippen LogP contribution is 2.19. The summed E-state index contributed by atoms with van der Waals surface area (Å²) in [7, 11) is 0. The van der Waals surface area contributed by atoms with Crippen LogP contribution in [0.4, 0.5) is 0 Å². The molecule has 1 atom stereocenters. The normalized spacial score (nSPS) is 18.1. The average Bonchev–Trinajstić information content (AvgIpc) is 2.87. The highest BCUT2D eigenvalue weighted by Gasteiger charge is 2.31. The molecule has 0 radical (unpaired) electrons. The SMILES string of the molecule is C=C=CCCCCCCC(=O)N1CCC[C@H]1C(N)=O. The number of nitrogens with zero attached hydrogens (tertiary/aromatic N) is 1. The predicted molar refractivity (Wildman–Crippen MR) is 75.3 cm³/mol. The molecule has 19 heavy (non-hydrogen) atoms. The van der Waals surface area contributed by atoms with E-state index in [0.717, 1.165) is 44.9 Å². The summed E-state index contributed by atoms with van der Waals surface area (Å²) in [5, 5.41) is 0. The standard InChI is InChI=1S/C15H24N2O2/c1-2-3-4-5-6-7-8-11-14(18)17-12-9-10-13(17)15(16)19/h3,13H,1,4-12H2,(H2,16,19)/t13-/m0/s1. The van der Waals surface area contributed by atoms with Crippen molar-refractivity contribution in [1.82, 2.24) is 4.90 Å². The maximum atomic E-state index is 12.0. The first-order chi connectivity index (χ1) is 9.16. The molecule has 2 N–H and O–H groups in total. The topological polar surface area (TPSA) is 63.4 Å². The molecule has 1 heterocycles. The second-order valence-electron chi connectivity index (χ2n) is 5.01. The number of unbranched alkanes of at least 4 members (excludes halogenated alkanes) is 4. The summed E-state index contributed by atoms with van der Waals surface area (Å²) < 4.78 is 0. The number of hydrogen-bond acceptors (Lipinski definition) is 2. The molecule has 1 aliphatic heterocycles. The molecule has 0 aromatic heterocycles. The zero-order chi connectivity index (χ0) is 14.1. The maximum Gasteiger partial charge on any atom is 0.240 e. The van der Waals surface area contributed by atoms with Crippen LogP contribution in [0.25, 0.3) is 0 Å². The van der Waals surface area contributed by atoms with Crippen molar-refractivity contribution in [3.63, 3.8) is 0 Å². The molecule has 0 aromatic carbocycles. The Morgan fingerprint density at radius 1 is 1.32 bits per heavy atom. The summed E-state index contributed by atoms with van der Waals surface area (Å²) in [6.07, 6.45) is 9.24. The number of nitrogens with two attached hydrogens (primary N) is 1. The molecule has 4 nitrogen and oxygen atoms in total. The smallest absolute Gasteiger partial charge is 0.240 e. The number of allylic oxidation sites excluding steroid dienone is 1. The fourth-order valence-electron chi connectivity index (χ4n) is 2.48. The summed E-state index contributed by atoms with van der Waals surface area (Å²) in [5.74, 6) is -0.297. The van der Waals surface area contributed by atoms with Crippen LogP contribution in [0.15, 0.2) is 18.4 Å². The first kappa shape index (κ1) is 15.5. The van der Waals surface area contributed by atoms with E-state index in [4.69, 9.17) is 5.73 Å². The van der Waals surface area contributed by atoms with Gasteiger partial charge in [0.25, 0.3) is 0 Å². The van der Waals surface area contributed by atoms with E-state index >= 15 is 0 Å². The number of hydrogen-bond donors (Lipinski definition) is 1. The van der Waals surface area contributed by atoms with Gasteiger partial charge in [0.05, 0.1) is 0 Å². The van der Waals surface area contributed by atoms with Gasteiger partial charge in [-0.25, -0.2) is 0 Å². The first-order valence-corrected chi connectivity index (χ1v) is 7.10. The van der Waals surface area contributed by atoms with E-state index in [1.54, 1.807) is 4.90 Å². The van der Waals surface area contributed by atoms with Crippen LogP contribution in [-0.2, 0) is 9.59 Å². The van der Waals surface area contributed by atoms with Crippen LogP contribution in [0.5, 0.6) is 0 Å². The van der Waals surface area contributed by atoms with Gasteiger partial charge in [0.15, 0.2) is 0 Å². The minimum atomic E-state index is -0.373. The highest BCUT2D eigenvalue weighted by molar-refractivity contribution is 5.87. The zero-order valence-corrected chi connectivity index (χ0v) is 11.6. The van der Waals surface area contributed by atoms with E-state index in [1.165, 1.54) is 0 Å². The Bertz CT molecular complexity index is 359. The van der Waals surface area contributed by atoms with Gasteiger partial charge < -0.3 is 10.6 Å². The van der Waals surface area contributed by atoms with Gasteiger partial charge in [-0.3, -0.25) is 9.59 Å². The summed E-state index contributed by atoms with van der Waals surface area (Å²) in [5.41, 5.74) is 8.05. The van der Waals surface area contributed by atoms with Gasteiger partial charge in [0.1, 0.15) is 6.04 Å². The molecule has 4 heteroatoms. The Kier molecular flexibility index (Phi) is 6.98. The van der Waals surface area contributed by atoms with E-state index in [1.807, 2.05) is 6.08 Å². The molecule has 2 amide bonds. The monoisotopic (exact) mass is 264 g/mol. The Hall–Kier alpha value is -1.54. The van der Waals surface area contributed by atoms with Crippen LogP contribution in [0.2, 0.25) is 0 Å². The minimum absolute atomic E-state index is 0.0762. The molecule has 1 saturated heterocycles. The Morgan fingerprint density at radius 2 is 2.05 bits per heavy atom. The largest absolute Gasteiger partial charge is 0.368 e. The quantitative estimate of drug-likeness (QED) is 0.539. The van der Waals surface area contributed by atoms with Gasteiger partial charge in [-0.05, 0) is 38.2 Å². The molecule has 0 saturated carbocycles. The third kappa shape index (κ3) is 5.31. The van der Waals surface area contributed by atoms with Crippen molar-refractivity contribution in [2.75, 3.05) is 6.54 Å². The lowest BCUT2D eigenvalue weighted by Crippen LogP contribution is -2.43. The molecule has 0 bridgehead atoms. The zero-order valence-electron chi connectivity index (χ0n) is 11.6. The van der Waals surface area contributed by atoms with E-state index in [2.05, 4.69) is 12.3 Å². The molecule has 106 valence electrons. The first-order valence-electron chi connectivity index (χ1n) is 7.10. The second-order valence-corrected chi connectivity index (χ2v) is 5.01. The number of primary amides is 1. The van der Waals surface area contributed by atoms with Crippen LogP contribution in [-0.4, -0.2) is 29.3 Å². The fourth-order valence-corrected chi connectivity index (χ4v) is 2.48. The Balaban J connectivity index is 2.17. The number of carbonyl (C=O) groups is 2. The summed E-state index contributed by atoms with van der Waals surface area (Å²) >= 11 is 0. The van der Waals surface area contributed by atoms with E-state index < -0.39 is 0 Å². The molecule has 0 aromatic rings. The minimum Gasteiger partial charge on any atom is -0.368 e. The molecule has 1 rings (SSSR count). The van der Waals surface area contributed by atoms with E-state index in [9.17, 15) is 9.59 Å². The number of likely N-dealkylation sites (tertiary alicyclic amines) is 1. The molecule has 0 unspecified atom stereocenters. The van der Waals surface area contributed by atoms with Gasteiger partial charge in [-0.1, -0.05) is 19.4 Å². The summed E-state index contributed by atoms with van der Waals surface area (Å²) in [4.78, 5) is 24.9. The van der Waals surface area contributed by atoms with Gasteiger partial charge >= 0.3 is 0 Å². The Labute approximate surface area is 115 Å².